The van der Waals surface area contributed by atoms with E-state index in [9.17, 15) is 0 Å². The number of aromatic nitrogens is 2. The number of benzene rings is 2. The summed E-state index contributed by atoms with van der Waals surface area (Å²) in [7, 11) is 0. The fraction of sp³-hybridized carbons (Fsp3) is 0.222. The van der Waals surface area contributed by atoms with E-state index in [2.05, 4.69) is 15.3 Å². The van der Waals surface area contributed by atoms with Crippen LogP contribution in [-0.4, -0.2) is 28.7 Å². The van der Waals surface area contributed by atoms with E-state index < -0.39 is 6.17 Å². The third kappa shape index (κ3) is 2.65. The van der Waals surface area contributed by atoms with Crippen molar-refractivity contribution in [3.8, 4) is 11.5 Å². The van der Waals surface area contributed by atoms with Crippen LogP contribution < -0.4 is 20.5 Å². The van der Waals surface area contributed by atoms with Gasteiger partial charge in [0.2, 0.25) is 5.95 Å². The first-order valence-corrected chi connectivity index (χ1v) is 9.23. The van der Waals surface area contributed by atoms with Crippen LogP contribution in [0.15, 0.2) is 35.3 Å². The van der Waals surface area contributed by atoms with Crippen molar-refractivity contribution in [1.29, 1.82) is 0 Å². The molecule has 0 aliphatic carbocycles. The minimum atomic E-state index is -0.544. The van der Waals surface area contributed by atoms with Crippen molar-refractivity contribution in [1.82, 2.24) is 9.55 Å². The maximum Gasteiger partial charge on any atom is 0.212 e. The van der Waals surface area contributed by atoms with Crippen LogP contribution in [0.25, 0.3) is 11.0 Å². The molecule has 138 valence electrons. The number of rotatable bonds is 1. The molecule has 3 N–H and O–H groups in total. The molecule has 1 aromatic heterocycles. The second-order valence-electron chi connectivity index (χ2n) is 6.29. The Balaban J connectivity index is 1.75. The van der Waals surface area contributed by atoms with Gasteiger partial charge in [0.25, 0.3) is 0 Å². The fourth-order valence-electron chi connectivity index (χ4n) is 3.37. The summed E-state index contributed by atoms with van der Waals surface area (Å²) < 4.78 is 13.5. The number of imidazole rings is 1. The lowest BCUT2D eigenvalue weighted by atomic mass is 10.1. The topological polar surface area (TPSA) is 86.7 Å². The summed E-state index contributed by atoms with van der Waals surface area (Å²) in [6, 6.07) is 9.12. The van der Waals surface area contributed by atoms with Crippen LogP contribution in [0, 0.1) is 0 Å². The minimum Gasteiger partial charge on any atom is -0.489 e. The second-order valence-corrected chi connectivity index (χ2v) is 7.11. The highest BCUT2D eigenvalue weighted by Crippen LogP contribution is 2.41. The van der Waals surface area contributed by atoms with E-state index >= 15 is 0 Å². The zero-order valence-corrected chi connectivity index (χ0v) is 15.6. The Morgan fingerprint density at radius 1 is 1.11 bits per heavy atom. The van der Waals surface area contributed by atoms with Gasteiger partial charge in [-0.25, -0.2) is 9.98 Å². The Morgan fingerprint density at radius 3 is 2.56 bits per heavy atom. The average Bonchev–Trinajstić information content (AvgIpc) is 2.81. The van der Waals surface area contributed by atoms with Gasteiger partial charge in [-0.2, -0.15) is 0 Å². The molecular weight excluding hydrogens is 389 g/mol. The van der Waals surface area contributed by atoms with Gasteiger partial charge >= 0.3 is 0 Å². The van der Waals surface area contributed by atoms with Crippen molar-refractivity contribution in [3.05, 3.63) is 45.9 Å². The van der Waals surface area contributed by atoms with E-state index in [4.69, 9.17) is 38.4 Å². The van der Waals surface area contributed by atoms with Crippen molar-refractivity contribution >= 4 is 46.1 Å². The number of ether oxygens (including phenoxy) is 2. The van der Waals surface area contributed by atoms with E-state index in [1.54, 1.807) is 18.2 Å². The molecule has 0 unspecified atom stereocenters. The summed E-state index contributed by atoms with van der Waals surface area (Å²) in [5.74, 6) is 2.15. The molecule has 0 amide bonds. The van der Waals surface area contributed by atoms with Crippen molar-refractivity contribution in [2.75, 3.05) is 18.5 Å². The van der Waals surface area contributed by atoms with E-state index in [0.717, 1.165) is 17.5 Å². The fourth-order valence-corrected chi connectivity index (χ4v) is 3.97. The van der Waals surface area contributed by atoms with E-state index in [0.29, 0.717) is 46.3 Å². The lowest BCUT2D eigenvalue weighted by Gasteiger charge is -2.25. The molecule has 2 aliphatic heterocycles. The third-order valence-electron chi connectivity index (χ3n) is 4.56. The molecule has 0 saturated heterocycles. The zero-order valence-electron chi connectivity index (χ0n) is 14.1. The number of nitrogens with two attached hydrogens (primary N) is 1. The van der Waals surface area contributed by atoms with Gasteiger partial charge in [0, 0.05) is 34.2 Å². The van der Waals surface area contributed by atoms with Gasteiger partial charge in [0.15, 0.2) is 23.6 Å². The second kappa shape index (κ2) is 6.21. The lowest BCUT2D eigenvalue weighted by Crippen LogP contribution is -2.31. The van der Waals surface area contributed by atoms with E-state index in [1.165, 1.54) is 0 Å². The number of aliphatic imine (C=N–C) groups is 1. The molecule has 0 radical (unpaired) electrons. The van der Waals surface area contributed by atoms with Crippen LogP contribution >= 0.6 is 23.2 Å². The maximum atomic E-state index is 6.44. The van der Waals surface area contributed by atoms with Gasteiger partial charge in [-0.1, -0.05) is 29.3 Å². The van der Waals surface area contributed by atoms with Crippen LogP contribution in [0.5, 0.6) is 11.5 Å². The molecule has 0 bridgehead atoms. The number of hydrogen-bond acceptors (Lipinski definition) is 6. The number of hydrogen-bond donors (Lipinski definition) is 2. The molecule has 3 aromatic rings. The lowest BCUT2D eigenvalue weighted by molar-refractivity contribution is 0.297. The minimum absolute atomic E-state index is 0.243. The summed E-state index contributed by atoms with van der Waals surface area (Å²) in [5.41, 5.74) is 8.21. The van der Waals surface area contributed by atoms with Gasteiger partial charge < -0.3 is 15.2 Å². The van der Waals surface area contributed by atoms with E-state index in [1.807, 2.05) is 16.7 Å². The number of guanidine groups is 1. The summed E-state index contributed by atoms with van der Waals surface area (Å²) in [6.45, 7) is 1.21. The number of anilines is 1. The van der Waals surface area contributed by atoms with Crippen LogP contribution in [-0.2, 0) is 0 Å². The first kappa shape index (κ1) is 16.5. The summed E-state index contributed by atoms with van der Waals surface area (Å²) in [6.07, 6.45) is 0.287. The van der Waals surface area contributed by atoms with Crippen molar-refractivity contribution in [2.45, 2.75) is 12.6 Å². The predicted octanol–water partition coefficient (Wildman–Crippen LogP) is 3.79. The number of halogens is 2. The molecule has 7 nitrogen and oxygen atoms in total. The van der Waals surface area contributed by atoms with Gasteiger partial charge in [0.05, 0.1) is 24.2 Å². The Morgan fingerprint density at radius 2 is 1.81 bits per heavy atom. The van der Waals surface area contributed by atoms with Gasteiger partial charge in [0.1, 0.15) is 0 Å². The molecular formula is C18H15Cl2N5O2. The molecule has 9 heteroatoms. The molecule has 0 spiro atoms. The molecule has 27 heavy (non-hydrogen) atoms. The van der Waals surface area contributed by atoms with Gasteiger partial charge in [-0.05, 0) is 12.1 Å². The first-order valence-electron chi connectivity index (χ1n) is 8.47. The molecule has 1 atom stereocenters. The van der Waals surface area contributed by atoms with Crippen LogP contribution in [0.4, 0.5) is 5.95 Å². The van der Waals surface area contributed by atoms with Gasteiger partial charge in [-0.3, -0.25) is 9.88 Å². The average molecular weight is 404 g/mol. The summed E-state index contributed by atoms with van der Waals surface area (Å²) in [5, 5.41) is 4.02. The van der Waals surface area contributed by atoms with Crippen molar-refractivity contribution in [2.24, 2.45) is 10.7 Å². The molecule has 0 fully saturated rings. The van der Waals surface area contributed by atoms with Crippen molar-refractivity contribution < 1.29 is 9.47 Å². The molecule has 2 aliphatic rings. The van der Waals surface area contributed by atoms with Crippen LogP contribution in [0.2, 0.25) is 10.0 Å². The highest BCUT2D eigenvalue weighted by Gasteiger charge is 2.29. The largest absolute Gasteiger partial charge is 0.489 e. The standard InChI is InChI=1S/C18H15Cl2N5O2/c19-9-3-1-4-10(20)15(9)16-23-17(21)24-18-22-11-7-13-14(8-12(11)25(16)18)27-6-2-5-26-13/h1,3-4,7-8,16H,2,5-6H2,(H3,21,22,23,24)/t16-/m0/s1. The first-order chi connectivity index (χ1) is 13.1. The molecule has 0 saturated carbocycles. The number of fused-ring (bicyclic) bond motifs is 4. The summed E-state index contributed by atoms with van der Waals surface area (Å²) in [4.78, 5) is 9.18. The normalized spacial score (nSPS) is 18.4. The Kier molecular flexibility index (Phi) is 3.80. The Bertz CT molecular complexity index is 1070. The van der Waals surface area contributed by atoms with Crippen molar-refractivity contribution in [3.63, 3.8) is 0 Å². The van der Waals surface area contributed by atoms with Crippen LogP contribution in [0.1, 0.15) is 18.2 Å². The SMILES string of the molecule is NC1=N[C@H](c2c(Cl)cccc2Cl)n2c(nc3cc4c(cc32)OCCCO4)N1. The zero-order chi connectivity index (χ0) is 18.5. The van der Waals surface area contributed by atoms with E-state index in [-0.39, 0.29) is 5.96 Å². The van der Waals surface area contributed by atoms with Crippen LogP contribution in [0.3, 0.4) is 0 Å². The molecule has 3 heterocycles. The number of nitrogens with zero attached hydrogens (tertiary/aromatic N) is 3. The monoisotopic (exact) mass is 403 g/mol. The quantitative estimate of drug-likeness (QED) is 0.645. The maximum absolute atomic E-state index is 6.44. The number of nitrogens with one attached hydrogen (secondary N) is 1. The Hall–Kier alpha value is -2.64. The van der Waals surface area contributed by atoms with Gasteiger partial charge in [-0.15, -0.1) is 0 Å². The predicted molar refractivity (Wildman–Crippen MR) is 105 cm³/mol. The Labute approximate surface area is 164 Å². The summed E-state index contributed by atoms with van der Waals surface area (Å²) >= 11 is 12.9. The molecule has 2 aromatic carbocycles. The highest BCUT2D eigenvalue weighted by atomic mass is 35.5. The molecule has 5 rings (SSSR count). The highest BCUT2D eigenvalue weighted by molar-refractivity contribution is 6.36. The smallest absolute Gasteiger partial charge is 0.212 e. The third-order valence-corrected chi connectivity index (χ3v) is 5.22.